The molecular weight excluding hydrogens is 264 g/mol. The first kappa shape index (κ1) is 11.7. The Morgan fingerprint density at radius 2 is 1.95 bits per heavy atom. The summed E-state index contributed by atoms with van der Waals surface area (Å²) in [4.78, 5) is 8.73. The second-order valence-corrected chi connectivity index (χ2v) is 4.75. The number of nitrogen functional groups attached to an aromatic ring is 1. The molecule has 0 amide bonds. The molecule has 0 unspecified atom stereocenters. The van der Waals surface area contributed by atoms with E-state index in [0.717, 1.165) is 22.1 Å². The van der Waals surface area contributed by atoms with Gasteiger partial charge in [-0.2, -0.15) is 4.98 Å². The normalized spacial score (nSPS) is 11.0. The minimum absolute atomic E-state index is 0.437. The van der Waals surface area contributed by atoms with Gasteiger partial charge in [0.05, 0.1) is 11.2 Å². The number of anilines is 3. The maximum absolute atomic E-state index is 5.75. The van der Waals surface area contributed by atoms with E-state index in [4.69, 9.17) is 10.2 Å². The molecule has 3 N–H and O–H groups in total. The van der Waals surface area contributed by atoms with Crippen LogP contribution in [0.5, 0.6) is 0 Å². The van der Waals surface area contributed by atoms with Gasteiger partial charge in [0.2, 0.25) is 0 Å². The van der Waals surface area contributed by atoms with Crippen LogP contribution in [-0.2, 0) is 0 Å². The smallest absolute Gasteiger partial charge is 0.300 e. The highest BCUT2D eigenvalue weighted by atomic mass is 16.4. The molecule has 0 aliphatic carbocycles. The maximum atomic E-state index is 5.75. The van der Waals surface area contributed by atoms with Gasteiger partial charge in [0.25, 0.3) is 6.01 Å². The molecule has 0 atom stereocenters. The minimum Gasteiger partial charge on any atom is -0.423 e. The number of benzene rings is 2. The average Bonchev–Trinajstić information content (AvgIpc) is 2.89. The van der Waals surface area contributed by atoms with Gasteiger partial charge in [-0.1, -0.05) is 6.07 Å². The fourth-order valence-corrected chi connectivity index (χ4v) is 2.33. The van der Waals surface area contributed by atoms with Crippen molar-refractivity contribution in [2.24, 2.45) is 0 Å². The highest BCUT2D eigenvalue weighted by Gasteiger charge is 2.08. The number of nitrogens with two attached hydrogens (primary N) is 1. The molecule has 0 aliphatic heterocycles. The van der Waals surface area contributed by atoms with Crippen LogP contribution < -0.4 is 11.1 Å². The third kappa shape index (κ3) is 2.04. The van der Waals surface area contributed by atoms with Crippen molar-refractivity contribution in [1.29, 1.82) is 0 Å². The maximum Gasteiger partial charge on any atom is 0.300 e. The van der Waals surface area contributed by atoms with Crippen LogP contribution in [0.3, 0.4) is 0 Å². The number of rotatable bonds is 2. The van der Waals surface area contributed by atoms with Crippen molar-refractivity contribution >= 4 is 39.4 Å². The Labute approximate surface area is 120 Å². The minimum atomic E-state index is 0.437. The van der Waals surface area contributed by atoms with E-state index in [1.54, 1.807) is 18.3 Å². The zero-order valence-corrected chi connectivity index (χ0v) is 11.1. The van der Waals surface area contributed by atoms with Crippen LogP contribution in [0.2, 0.25) is 0 Å². The van der Waals surface area contributed by atoms with Gasteiger partial charge in [-0.15, -0.1) is 0 Å². The van der Waals surface area contributed by atoms with Gasteiger partial charge in [-0.25, -0.2) is 0 Å². The number of nitrogens with zero attached hydrogens (tertiary/aromatic N) is 2. The van der Waals surface area contributed by atoms with Gasteiger partial charge in [0, 0.05) is 17.3 Å². The molecule has 4 rings (SSSR count). The van der Waals surface area contributed by atoms with E-state index < -0.39 is 0 Å². The summed E-state index contributed by atoms with van der Waals surface area (Å²) in [6, 6.07) is 15.6. The van der Waals surface area contributed by atoms with Crippen LogP contribution >= 0.6 is 0 Å². The highest BCUT2D eigenvalue weighted by molar-refractivity contribution is 5.92. The zero-order chi connectivity index (χ0) is 14.2. The number of nitrogens with one attached hydrogen (secondary N) is 1. The van der Waals surface area contributed by atoms with Crippen molar-refractivity contribution in [3.05, 3.63) is 54.7 Å². The van der Waals surface area contributed by atoms with Crippen LogP contribution in [0.1, 0.15) is 0 Å². The molecule has 2 aromatic carbocycles. The van der Waals surface area contributed by atoms with E-state index in [1.807, 2.05) is 36.4 Å². The van der Waals surface area contributed by atoms with Gasteiger partial charge < -0.3 is 15.5 Å². The zero-order valence-electron chi connectivity index (χ0n) is 11.1. The van der Waals surface area contributed by atoms with Crippen LogP contribution in [0.4, 0.5) is 17.4 Å². The van der Waals surface area contributed by atoms with Gasteiger partial charge in [-0.05, 0) is 42.5 Å². The summed E-state index contributed by atoms with van der Waals surface area (Å²) in [6.07, 6.45) is 1.77. The largest absolute Gasteiger partial charge is 0.423 e. The molecular formula is C16H12N4O. The first-order chi connectivity index (χ1) is 10.3. The Hall–Kier alpha value is -3.08. The fraction of sp³-hybridized carbons (Fsp3) is 0. The molecule has 0 aliphatic rings. The molecule has 0 fully saturated rings. The molecule has 5 nitrogen and oxygen atoms in total. The lowest BCUT2D eigenvalue weighted by atomic mass is 10.2. The first-order valence-corrected chi connectivity index (χ1v) is 6.56. The summed E-state index contributed by atoms with van der Waals surface area (Å²) in [5, 5.41) is 4.21. The summed E-state index contributed by atoms with van der Waals surface area (Å²) in [5.41, 5.74) is 9.67. The lowest BCUT2D eigenvalue weighted by molar-refractivity contribution is 0.623. The number of hydrogen-bond donors (Lipinski definition) is 2. The molecule has 0 radical (unpaired) electrons. The number of fused-ring (bicyclic) bond motifs is 2. The molecule has 0 bridgehead atoms. The van der Waals surface area contributed by atoms with Crippen molar-refractivity contribution in [2.45, 2.75) is 0 Å². The SMILES string of the molecule is Nc1ccc2oc(Nc3cccc4ncccc34)nc2c1. The van der Waals surface area contributed by atoms with Crippen LogP contribution in [0.15, 0.2) is 59.1 Å². The lowest BCUT2D eigenvalue weighted by Gasteiger charge is -2.05. The predicted molar refractivity (Wildman–Crippen MR) is 83.4 cm³/mol. The lowest BCUT2D eigenvalue weighted by Crippen LogP contribution is -1.92. The topological polar surface area (TPSA) is 77.0 Å². The molecule has 4 aromatic rings. The van der Waals surface area contributed by atoms with E-state index in [-0.39, 0.29) is 0 Å². The third-order valence-electron chi connectivity index (χ3n) is 3.30. The van der Waals surface area contributed by atoms with Gasteiger partial charge in [0.15, 0.2) is 5.58 Å². The van der Waals surface area contributed by atoms with Crippen molar-refractivity contribution in [2.75, 3.05) is 11.1 Å². The Balaban J connectivity index is 1.79. The van der Waals surface area contributed by atoms with Crippen LogP contribution in [-0.4, -0.2) is 9.97 Å². The third-order valence-corrected chi connectivity index (χ3v) is 3.30. The summed E-state index contributed by atoms with van der Waals surface area (Å²) in [7, 11) is 0. The summed E-state index contributed by atoms with van der Waals surface area (Å²) in [6.45, 7) is 0. The number of oxazole rings is 1. The molecule has 0 spiro atoms. The Morgan fingerprint density at radius 1 is 1.00 bits per heavy atom. The van der Waals surface area contributed by atoms with Gasteiger partial charge >= 0.3 is 0 Å². The van der Waals surface area contributed by atoms with Crippen molar-refractivity contribution < 1.29 is 4.42 Å². The Bertz CT molecular complexity index is 940. The Kier molecular flexibility index (Phi) is 2.50. The highest BCUT2D eigenvalue weighted by Crippen LogP contribution is 2.27. The first-order valence-electron chi connectivity index (χ1n) is 6.56. The Morgan fingerprint density at radius 3 is 2.90 bits per heavy atom. The van der Waals surface area contributed by atoms with E-state index >= 15 is 0 Å². The summed E-state index contributed by atoms with van der Waals surface area (Å²) < 4.78 is 5.68. The van der Waals surface area contributed by atoms with Crippen molar-refractivity contribution in [1.82, 2.24) is 9.97 Å². The average molecular weight is 276 g/mol. The van der Waals surface area contributed by atoms with E-state index in [2.05, 4.69) is 15.3 Å². The van der Waals surface area contributed by atoms with Gasteiger partial charge in [0.1, 0.15) is 5.52 Å². The molecule has 2 aromatic heterocycles. The summed E-state index contributed by atoms with van der Waals surface area (Å²) >= 11 is 0. The molecule has 0 saturated carbocycles. The summed E-state index contributed by atoms with van der Waals surface area (Å²) in [5.74, 6) is 0. The quantitative estimate of drug-likeness (QED) is 0.546. The van der Waals surface area contributed by atoms with Crippen molar-refractivity contribution in [3.63, 3.8) is 0 Å². The van der Waals surface area contributed by atoms with Crippen LogP contribution in [0.25, 0.3) is 22.0 Å². The van der Waals surface area contributed by atoms with E-state index in [0.29, 0.717) is 17.3 Å². The fourth-order valence-electron chi connectivity index (χ4n) is 2.33. The van der Waals surface area contributed by atoms with Gasteiger partial charge in [-0.3, -0.25) is 4.98 Å². The second kappa shape index (κ2) is 4.49. The van der Waals surface area contributed by atoms with E-state index in [1.165, 1.54) is 0 Å². The predicted octanol–water partition coefficient (Wildman–Crippen LogP) is 3.70. The van der Waals surface area contributed by atoms with Crippen molar-refractivity contribution in [3.8, 4) is 0 Å². The van der Waals surface area contributed by atoms with E-state index in [9.17, 15) is 0 Å². The second-order valence-electron chi connectivity index (χ2n) is 4.75. The van der Waals surface area contributed by atoms with Crippen LogP contribution in [0, 0.1) is 0 Å². The number of hydrogen-bond acceptors (Lipinski definition) is 5. The molecule has 2 heterocycles. The molecule has 102 valence electrons. The molecule has 21 heavy (non-hydrogen) atoms. The molecule has 5 heteroatoms. The number of aromatic nitrogens is 2. The monoisotopic (exact) mass is 276 g/mol. The standard InChI is InChI=1S/C16H12N4O/c17-10-6-7-15-14(9-10)20-16(21-15)19-13-5-1-4-12-11(13)3-2-8-18-12/h1-9H,17H2,(H,19,20). The molecule has 0 saturated heterocycles. The number of pyridine rings is 1.